The molecule has 0 saturated carbocycles. The van der Waals surface area contributed by atoms with E-state index in [9.17, 15) is 9.59 Å². The summed E-state index contributed by atoms with van der Waals surface area (Å²) in [6.07, 6.45) is 0.670. The first-order valence-electron chi connectivity index (χ1n) is 6.80. The van der Waals surface area contributed by atoms with E-state index in [-0.39, 0.29) is 24.2 Å². The Balaban J connectivity index is 1.83. The monoisotopic (exact) mass is 286 g/mol. The largest absolute Gasteiger partial charge is 0.273 e. The van der Waals surface area contributed by atoms with Crippen molar-refractivity contribution in [1.29, 1.82) is 0 Å². The molecule has 0 radical (unpaired) electrons. The summed E-state index contributed by atoms with van der Waals surface area (Å²) in [6.45, 7) is 3.61. The van der Waals surface area contributed by atoms with Crippen molar-refractivity contribution in [2.75, 3.05) is 0 Å². The molecule has 6 heteroatoms. The van der Waals surface area contributed by atoms with Gasteiger partial charge in [-0.3, -0.25) is 9.59 Å². The van der Waals surface area contributed by atoms with E-state index in [1.165, 1.54) is 0 Å². The Kier molecular flexibility index (Phi) is 4.81. The second kappa shape index (κ2) is 6.78. The lowest BCUT2D eigenvalue weighted by atomic mass is 9.99. The zero-order valence-electron chi connectivity index (χ0n) is 12.1. The van der Waals surface area contributed by atoms with E-state index in [1.807, 2.05) is 37.3 Å². The minimum absolute atomic E-state index is 0.149. The van der Waals surface area contributed by atoms with Crippen LogP contribution in [0.5, 0.6) is 0 Å². The van der Waals surface area contributed by atoms with Crippen molar-refractivity contribution >= 4 is 23.2 Å². The summed E-state index contributed by atoms with van der Waals surface area (Å²) in [5.74, 6) is -0.669. The highest BCUT2D eigenvalue weighted by molar-refractivity contribution is 6.07. The topological polar surface area (TPSA) is 82.9 Å². The molecule has 21 heavy (non-hydrogen) atoms. The van der Waals surface area contributed by atoms with Crippen LogP contribution in [0, 0.1) is 5.92 Å². The fourth-order valence-corrected chi connectivity index (χ4v) is 2.05. The van der Waals surface area contributed by atoms with Crippen molar-refractivity contribution in [3.05, 3.63) is 35.9 Å². The van der Waals surface area contributed by atoms with E-state index in [0.717, 1.165) is 17.0 Å². The number of amides is 2. The molecule has 0 unspecified atom stereocenters. The van der Waals surface area contributed by atoms with Gasteiger partial charge in [0.1, 0.15) is 0 Å². The van der Waals surface area contributed by atoms with Crippen molar-refractivity contribution in [2.45, 2.75) is 26.7 Å². The smallest absolute Gasteiger partial charge is 0.248 e. The lowest BCUT2D eigenvalue weighted by Crippen LogP contribution is -2.25. The Bertz CT molecular complexity index is 593. The molecular formula is C15H18N4O2. The van der Waals surface area contributed by atoms with Gasteiger partial charge in [-0.15, -0.1) is 0 Å². The predicted molar refractivity (Wildman–Crippen MR) is 80.8 cm³/mol. The van der Waals surface area contributed by atoms with Gasteiger partial charge in [-0.1, -0.05) is 30.3 Å². The molecule has 1 aromatic rings. The minimum atomic E-state index is -0.310. The van der Waals surface area contributed by atoms with Crippen LogP contribution >= 0.6 is 0 Å². The van der Waals surface area contributed by atoms with Gasteiger partial charge in [-0.2, -0.15) is 10.2 Å². The lowest BCUT2D eigenvalue weighted by Gasteiger charge is -2.07. The van der Waals surface area contributed by atoms with Gasteiger partial charge in [0.15, 0.2) is 0 Å². The zero-order valence-corrected chi connectivity index (χ0v) is 12.1. The van der Waals surface area contributed by atoms with Gasteiger partial charge in [-0.25, -0.2) is 10.9 Å². The summed E-state index contributed by atoms with van der Waals surface area (Å²) < 4.78 is 0. The van der Waals surface area contributed by atoms with Crippen molar-refractivity contribution in [1.82, 2.24) is 10.9 Å². The number of nitrogens with one attached hydrogen (secondary N) is 2. The van der Waals surface area contributed by atoms with Crippen LogP contribution in [0.3, 0.4) is 0 Å². The van der Waals surface area contributed by atoms with Crippen LogP contribution in [-0.2, 0) is 9.59 Å². The molecule has 0 spiro atoms. The normalized spacial score (nSPS) is 18.2. The maximum absolute atomic E-state index is 11.8. The SMILES string of the molecule is CC1=NNC(=O)[C@@H]1CCC(=O)N/N=C(/C)c1ccccc1. The molecule has 0 fully saturated rings. The highest BCUT2D eigenvalue weighted by atomic mass is 16.2. The number of benzene rings is 1. The fraction of sp³-hybridized carbons (Fsp3) is 0.333. The first kappa shape index (κ1) is 14.9. The van der Waals surface area contributed by atoms with Gasteiger partial charge in [0.05, 0.1) is 11.6 Å². The molecule has 2 N–H and O–H groups in total. The molecule has 0 aliphatic carbocycles. The maximum atomic E-state index is 11.8. The summed E-state index contributed by atoms with van der Waals surface area (Å²) in [4.78, 5) is 23.2. The van der Waals surface area contributed by atoms with Crippen LogP contribution in [0.25, 0.3) is 0 Å². The Morgan fingerprint density at radius 3 is 2.71 bits per heavy atom. The Labute approximate surface area is 123 Å². The molecule has 110 valence electrons. The van der Waals surface area contributed by atoms with Crippen LogP contribution in [0.15, 0.2) is 40.5 Å². The Morgan fingerprint density at radius 2 is 2.10 bits per heavy atom. The van der Waals surface area contributed by atoms with Crippen LogP contribution < -0.4 is 10.9 Å². The van der Waals surface area contributed by atoms with Crippen LogP contribution in [-0.4, -0.2) is 23.2 Å². The van der Waals surface area contributed by atoms with Crippen molar-refractivity contribution < 1.29 is 9.59 Å². The van der Waals surface area contributed by atoms with E-state index >= 15 is 0 Å². The molecule has 0 saturated heterocycles. The van der Waals surface area contributed by atoms with E-state index in [2.05, 4.69) is 21.1 Å². The zero-order chi connectivity index (χ0) is 15.2. The van der Waals surface area contributed by atoms with E-state index in [1.54, 1.807) is 6.92 Å². The predicted octanol–water partition coefficient (Wildman–Crippen LogP) is 1.43. The fourth-order valence-electron chi connectivity index (χ4n) is 2.05. The van der Waals surface area contributed by atoms with Crippen LogP contribution in [0.1, 0.15) is 32.3 Å². The third-order valence-electron chi connectivity index (χ3n) is 3.36. The number of hydrogen-bond donors (Lipinski definition) is 2. The van der Waals surface area contributed by atoms with Gasteiger partial charge in [0, 0.05) is 12.1 Å². The highest BCUT2D eigenvalue weighted by Crippen LogP contribution is 2.13. The van der Waals surface area contributed by atoms with Crippen molar-refractivity contribution in [3.8, 4) is 0 Å². The molecule has 2 rings (SSSR count). The van der Waals surface area contributed by atoms with E-state index < -0.39 is 0 Å². The van der Waals surface area contributed by atoms with E-state index in [0.29, 0.717) is 6.42 Å². The Morgan fingerprint density at radius 1 is 1.38 bits per heavy atom. The first-order valence-corrected chi connectivity index (χ1v) is 6.80. The van der Waals surface area contributed by atoms with Gasteiger partial charge in [0.25, 0.3) is 0 Å². The number of hydrogen-bond acceptors (Lipinski definition) is 4. The molecule has 2 amide bonds. The summed E-state index contributed by atoms with van der Waals surface area (Å²) in [5.41, 5.74) is 7.33. The van der Waals surface area contributed by atoms with Crippen molar-refractivity contribution in [3.63, 3.8) is 0 Å². The average molecular weight is 286 g/mol. The van der Waals surface area contributed by atoms with Crippen LogP contribution in [0.2, 0.25) is 0 Å². The molecule has 1 aromatic carbocycles. The number of carbonyl (C=O) groups is 2. The van der Waals surface area contributed by atoms with Gasteiger partial charge < -0.3 is 0 Å². The standard InChI is InChI=1S/C15H18N4O2/c1-10(12-6-4-3-5-7-12)16-18-14(20)9-8-13-11(2)17-19-15(13)21/h3-7,13H,8-9H2,1-2H3,(H,18,20)(H,19,21)/b16-10-/t13-/m1/s1. The number of rotatable bonds is 5. The molecular weight excluding hydrogens is 268 g/mol. The second-order valence-corrected chi connectivity index (χ2v) is 4.92. The summed E-state index contributed by atoms with van der Waals surface area (Å²) >= 11 is 0. The summed E-state index contributed by atoms with van der Waals surface area (Å²) in [7, 11) is 0. The average Bonchev–Trinajstić information content (AvgIpc) is 2.82. The maximum Gasteiger partial charge on any atom is 0.248 e. The van der Waals surface area contributed by atoms with Gasteiger partial charge >= 0.3 is 0 Å². The van der Waals surface area contributed by atoms with Crippen LogP contribution in [0.4, 0.5) is 0 Å². The van der Waals surface area contributed by atoms with Crippen molar-refractivity contribution in [2.24, 2.45) is 16.1 Å². The highest BCUT2D eigenvalue weighted by Gasteiger charge is 2.26. The number of nitrogens with zero attached hydrogens (tertiary/aromatic N) is 2. The number of hydrazone groups is 2. The molecule has 1 aliphatic heterocycles. The molecule has 1 atom stereocenters. The number of carbonyl (C=O) groups excluding carboxylic acids is 2. The van der Waals surface area contributed by atoms with Gasteiger partial charge in [-0.05, 0) is 25.8 Å². The quantitative estimate of drug-likeness (QED) is 0.634. The molecule has 6 nitrogen and oxygen atoms in total. The lowest BCUT2D eigenvalue weighted by molar-refractivity contribution is -0.123. The van der Waals surface area contributed by atoms with Gasteiger partial charge in [0.2, 0.25) is 11.8 Å². The molecule has 0 bridgehead atoms. The third-order valence-corrected chi connectivity index (χ3v) is 3.36. The third kappa shape index (κ3) is 3.98. The molecule has 0 aromatic heterocycles. The summed E-state index contributed by atoms with van der Waals surface area (Å²) in [6, 6.07) is 9.60. The second-order valence-electron chi connectivity index (χ2n) is 4.92. The first-order chi connectivity index (χ1) is 10.1. The molecule has 1 heterocycles. The Hall–Kier alpha value is -2.50. The summed E-state index contributed by atoms with van der Waals surface area (Å²) in [5, 5.41) is 7.91. The minimum Gasteiger partial charge on any atom is -0.273 e. The molecule has 1 aliphatic rings. The van der Waals surface area contributed by atoms with E-state index in [4.69, 9.17) is 0 Å².